The fourth-order valence-electron chi connectivity index (χ4n) is 2.34. The van der Waals surface area contributed by atoms with Gasteiger partial charge in [-0.3, -0.25) is 0 Å². The van der Waals surface area contributed by atoms with E-state index in [4.69, 9.17) is 0 Å². The number of urea groups is 1. The number of rotatable bonds is 4. The Hall–Kier alpha value is -1.20. The van der Waals surface area contributed by atoms with Gasteiger partial charge in [0.2, 0.25) is 0 Å². The highest BCUT2D eigenvalue weighted by Gasteiger charge is 2.12. The van der Waals surface area contributed by atoms with Gasteiger partial charge in [0.1, 0.15) is 0 Å². The molecule has 0 spiro atoms. The number of hydrogen-bond acceptors (Lipinski definition) is 3. The van der Waals surface area contributed by atoms with Crippen molar-refractivity contribution >= 4 is 23.5 Å². The molecule has 110 valence electrons. The third kappa shape index (κ3) is 5.06. The zero-order chi connectivity index (χ0) is 14.2. The molecule has 2 rings (SSSR count). The molecule has 0 aliphatic carbocycles. The fraction of sp³-hybridized carbons (Fsp3) is 0.533. The molecule has 0 bridgehead atoms. The smallest absolute Gasteiger partial charge is 0.319 e. The average Bonchev–Trinajstić information content (AvgIpc) is 2.74. The molecule has 1 atom stereocenters. The number of benzene rings is 1. The van der Waals surface area contributed by atoms with Crippen LogP contribution in [0.4, 0.5) is 10.5 Å². The fourth-order valence-corrected chi connectivity index (χ4v) is 2.75. The molecule has 1 aliphatic heterocycles. The zero-order valence-corrected chi connectivity index (χ0v) is 12.8. The van der Waals surface area contributed by atoms with Gasteiger partial charge in [-0.05, 0) is 49.9 Å². The van der Waals surface area contributed by atoms with E-state index in [2.05, 4.69) is 16.0 Å². The van der Waals surface area contributed by atoms with Crippen LogP contribution in [0.25, 0.3) is 0 Å². The summed E-state index contributed by atoms with van der Waals surface area (Å²) in [5.74, 6) is 0. The molecule has 1 saturated heterocycles. The summed E-state index contributed by atoms with van der Waals surface area (Å²) in [5, 5.41) is 9.27. The summed E-state index contributed by atoms with van der Waals surface area (Å²) >= 11 is 1.69. The van der Waals surface area contributed by atoms with Crippen molar-refractivity contribution < 1.29 is 4.79 Å². The topological polar surface area (TPSA) is 53.2 Å². The Kier molecular flexibility index (Phi) is 6.21. The van der Waals surface area contributed by atoms with Crippen LogP contribution in [-0.4, -0.2) is 31.4 Å². The molecule has 5 heteroatoms. The Bertz CT molecular complexity index is 414. The van der Waals surface area contributed by atoms with Crippen LogP contribution in [0.3, 0.4) is 0 Å². The van der Waals surface area contributed by atoms with Crippen molar-refractivity contribution in [3.8, 4) is 0 Å². The molecule has 0 radical (unpaired) electrons. The second-order valence-electron chi connectivity index (χ2n) is 5.06. The van der Waals surface area contributed by atoms with E-state index < -0.39 is 0 Å². The third-order valence-corrected chi connectivity index (χ3v) is 4.26. The van der Waals surface area contributed by atoms with Gasteiger partial charge in [0.25, 0.3) is 0 Å². The van der Waals surface area contributed by atoms with Crippen molar-refractivity contribution in [2.24, 2.45) is 0 Å². The first-order valence-electron chi connectivity index (χ1n) is 7.20. The summed E-state index contributed by atoms with van der Waals surface area (Å²) in [7, 11) is 0. The summed E-state index contributed by atoms with van der Waals surface area (Å²) in [6.07, 6.45) is 6.96. The molecule has 0 saturated carbocycles. The van der Waals surface area contributed by atoms with Crippen molar-refractivity contribution in [3.63, 3.8) is 0 Å². The molecule has 20 heavy (non-hydrogen) atoms. The maximum absolute atomic E-state index is 11.8. The number of carbonyl (C=O) groups excluding carboxylic acids is 1. The Labute approximate surface area is 125 Å². The lowest BCUT2D eigenvalue weighted by Crippen LogP contribution is -2.41. The molecule has 0 aromatic heterocycles. The molecule has 3 N–H and O–H groups in total. The molecule has 1 aliphatic rings. The number of carbonyl (C=O) groups is 1. The number of nitrogens with one attached hydrogen (secondary N) is 3. The van der Waals surface area contributed by atoms with Gasteiger partial charge in [-0.15, -0.1) is 11.8 Å². The lowest BCUT2D eigenvalue weighted by molar-refractivity contribution is 0.250. The maximum Gasteiger partial charge on any atom is 0.319 e. The van der Waals surface area contributed by atoms with E-state index in [1.807, 2.05) is 30.5 Å². The maximum atomic E-state index is 11.8. The van der Waals surface area contributed by atoms with Gasteiger partial charge >= 0.3 is 6.03 Å². The van der Waals surface area contributed by atoms with Crippen molar-refractivity contribution in [3.05, 3.63) is 24.3 Å². The van der Waals surface area contributed by atoms with E-state index in [1.165, 1.54) is 24.2 Å². The molecule has 0 unspecified atom stereocenters. The second kappa shape index (κ2) is 8.17. The van der Waals surface area contributed by atoms with Gasteiger partial charge in [-0.2, -0.15) is 0 Å². The molecular formula is C15H23N3OS. The minimum Gasteiger partial charge on any atom is -0.336 e. The van der Waals surface area contributed by atoms with Gasteiger partial charge in [0.05, 0.1) is 0 Å². The predicted octanol–water partition coefficient (Wildman–Crippen LogP) is 3.06. The number of thioether (sulfide) groups is 1. The number of amides is 2. The summed E-state index contributed by atoms with van der Waals surface area (Å²) in [4.78, 5) is 13.0. The first kappa shape index (κ1) is 15.2. The number of anilines is 1. The Morgan fingerprint density at radius 2 is 2.10 bits per heavy atom. The summed E-state index contributed by atoms with van der Waals surface area (Å²) in [6.45, 7) is 1.75. The van der Waals surface area contributed by atoms with E-state index in [9.17, 15) is 4.79 Å². The Morgan fingerprint density at radius 3 is 2.85 bits per heavy atom. The van der Waals surface area contributed by atoms with E-state index in [0.717, 1.165) is 18.7 Å². The highest BCUT2D eigenvalue weighted by atomic mass is 32.2. The minimum absolute atomic E-state index is 0.132. The number of hydrogen-bond donors (Lipinski definition) is 3. The third-order valence-electron chi connectivity index (χ3n) is 3.52. The monoisotopic (exact) mass is 293 g/mol. The standard InChI is InChI=1S/C15H23N3OS/c1-20-14-8-6-12(7-9-14)18-15(19)17-11-13-5-3-2-4-10-16-13/h6-9,13,16H,2-5,10-11H2,1H3,(H2,17,18,19)/t13-/m1/s1. The molecule has 4 nitrogen and oxygen atoms in total. The van der Waals surface area contributed by atoms with Crippen LogP contribution in [0, 0.1) is 0 Å². The van der Waals surface area contributed by atoms with E-state index >= 15 is 0 Å². The van der Waals surface area contributed by atoms with Crippen LogP contribution in [0.1, 0.15) is 25.7 Å². The van der Waals surface area contributed by atoms with Crippen LogP contribution in [0.5, 0.6) is 0 Å². The quantitative estimate of drug-likeness (QED) is 0.748. The van der Waals surface area contributed by atoms with Crippen LogP contribution in [0.2, 0.25) is 0 Å². The first-order chi connectivity index (χ1) is 9.78. The SMILES string of the molecule is CSc1ccc(NC(=O)NC[C@H]2CCCCCN2)cc1. The van der Waals surface area contributed by atoms with Crippen LogP contribution < -0.4 is 16.0 Å². The largest absolute Gasteiger partial charge is 0.336 e. The summed E-state index contributed by atoms with van der Waals surface area (Å²) in [5.41, 5.74) is 0.828. The highest BCUT2D eigenvalue weighted by Crippen LogP contribution is 2.17. The van der Waals surface area contributed by atoms with E-state index in [-0.39, 0.29) is 6.03 Å². The summed E-state index contributed by atoms with van der Waals surface area (Å²) in [6, 6.07) is 8.14. The second-order valence-corrected chi connectivity index (χ2v) is 5.94. The van der Waals surface area contributed by atoms with Crippen molar-refractivity contribution in [1.29, 1.82) is 0 Å². The molecule has 1 aromatic carbocycles. The summed E-state index contributed by atoms with van der Waals surface area (Å²) < 4.78 is 0. The molecular weight excluding hydrogens is 270 g/mol. The van der Waals surface area contributed by atoms with Gasteiger partial charge in [-0.25, -0.2) is 4.79 Å². The van der Waals surface area contributed by atoms with Gasteiger partial charge in [0.15, 0.2) is 0 Å². The highest BCUT2D eigenvalue weighted by molar-refractivity contribution is 7.98. The van der Waals surface area contributed by atoms with Crippen molar-refractivity contribution in [1.82, 2.24) is 10.6 Å². The average molecular weight is 293 g/mol. The van der Waals surface area contributed by atoms with Crippen LogP contribution in [0.15, 0.2) is 29.2 Å². The van der Waals surface area contributed by atoms with Crippen LogP contribution >= 0.6 is 11.8 Å². The Morgan fingerprint density at radius 1 is 1.30 bits per heavy atom. The first-order valence-corrected chi connectivity index (χ1v) is 8.42. The van der Waals surface area contributed by atoms with E-state index in [1.54, 1.807) is 11.8 Å². The minimum atomic E-state index is -0.132. The van der Waals surface area contributed by atoms with Gasteiger partial charge < -0.3 is 16.0 Å². The molecule has 1 aromatic rings. The molecule has 1 heterocycles. The van der Waals surface area contributed by atoms with Gasteiger partial charge in [-0.1, -0.05) is 12.8 Å². The van der Waals surface area contributed by atoms with Crippen molar-refractivity contribution in [2.45, 2.75) is 36.6 Å². The van der Waals surface area contributed by atoms with Gasteiger partial charge in [0, 0.05) is 23.2 Å². The Balaban J connectivity index is 1.73. The predicted molar refractivity (Wildman–Crippen MR) is 85.5 cm³/mol. The van der Waals surface area contributed by atoms with E-state index in [0.29, 0.717) is 12.6 Å². The van der Waals surface area contributed by atoms with Crippen molar-refractivity contribution in [2.75, 3.05) is 24.7 Å². The molecule has 1 fully saturated rings. The normalized spacial score (nSPS) is 19.1. The lowest BCUT2D eigenvalue weighted by Gasteiger charge is -2.16. The molecule has 2 amide bonds. The van der Waals surface area contributed by atoms with Crippen LogP contribution in [-0.2, 0) is 0 Å². The lowest BCUT2D eigenvalue weighted by atomic mass is 10.1. The zero-order valence-electron chi connectivity index (χ0n) is 11.9.